The Kier molecular flexibility index (Phi) is 4.59. The number of aldehydes is 1. The Labute approximate surface area is 76.3 Å². The fraction of sp³-hybridized carbons (Fsp3) is 0.500. The zero-order valence-electron chi connectivity index (χ0n) is 7.04. The summed E-state index contributed by atoms with van der Waals surface area (Å²) in [6.07, 6.45) is 2.08. The van der Waals surface area contributed by atoms with Crippen LogP contribution in [0.3, 0.4) is 0 Å². The van der Waals surface area contributed by atoms with E-state index in [1.165, 1.54) is 13.0 Å². The second-order valence-corrected chi connectivity index (χ2v) is 2.67. The molecule has 0 aliphatic carbocycles. The maximum absolute atomic E-state index is 10.8. The molecule has 0 saturated heterocycles. The van der Waals surface area contributed by atoms with E-state index >= 15 is 0 Å². The number of halogens is 1. The van der Waals surface area contributed by atoms with Gasteiger partial charge in [-0.3, -0.25) is 9.59 Å². The molecule has 0 rings (SSSR count). The summed E-state index contributed by atoms with van der Waals surface area (Å²) in [5.74, 6) is -0.431. The van der Waals surface area contributed by atoms with Gasteiger partial charge in [0, 0.05) is 12.0 Å². The van der Waals surface area contributed by atoms with Crippen LogP contribution in [0.5, 0.6) is 0 Å². The van der Waals surface area contributed by atoms with Gasteiger partial charge in [0.15, 0.2) is 11.9 Å². The molecule has 0 saturated carbocycles. The van der Waals surface area contributed by atoms with E-state index < -0.39 is 11.6 Å². The summed E-state index contributed by atoms with van der Waals surface area (Å²) in [5.41, 5.74) is -0.0772. The molecule has 0 aliphatic heterocycles. The topological polar surface area (TPSA) is 43.4 Å². The highest BCUT2D eigenvalue weighted by Gasteiger charge is 2.23. The molecule has 0 aliphatic rings. The highest BCUT2D eigenvalue weighted by atomic mass is 35.5. The summed E-state index contributed by atoms with van der Waals surface area (Å²) in [5, 5.41) is 0. The number of carbonyl (C=O) groups excluding carboxylic acids is 2. The zero-order valence-corrected chi connectivity index (χ0v) is 7.80. The smallest absolute Gasteiger partial charge is 0.306 e. The zero-order chi connectivity index (χ0) is 9.61. The molecule has 68 valence electrons. The first-order valence-electron chi connectivity index (χ1n) is 3.54. The predicted molar refractivity (Wildman–Crippen MR) is 45.8 cm³/mol. The monoisotopic (exact) mass is 190 g/mol. The van der Waals surface area contributed by atoms with Crippen molar-refractivity contribution in [3.05, 3.63) is 11.6 Å². The van der Waals surface area contributed by atoms with E-state index in [0.29, 0.717) is 6.29 Å². The van der Waals surface area contributed by atoms with Crippen LogP contribution in [0.1, 0.15) is 20.3 Å². The molecule has 1 atom stereocenters. The Morgan fingerprint density at radius 1 is 1.67 bits per heavy atom. The van der Waals surface area contributed by atoms with Gasteiger partial charge < -0.3 is 4.74 Å². The summed E-state index contributed by atoms with van der Waals surface area (Å²) in [4.78, 5) is 21.3. The normalized spacial score (nSPS) is 15.6. The maximum Gasteiger partial charge on any atom is 0.306 e. The Balaban J connectivity index is 4.33. The number of carbonyl (C=O) groups is 2. The van der Waals surface area contributed by atoms with Crippen molar-refractivity contribution in [1.29, 1.82) is 0 Å². The van der Waals surface area contributed by atoms with Gasteiger partial charge in [-0.2, -0.15) is 0 Å². The van der Waals surface area contributed by atoms with Gasteiger partial charge in [-0.15, -0.1) is 0 Å². The van der Waals surface area contributed by atoms with Crippen LogP contribution in [-0.4, -0.2) is 17.9 Å². The van der Waals surface area contributed by atoms with Crippen molar-refractivity contribution < 1.29 is 14.3 Å². The number of ether oxygens (including phenoxy) is 1. The molecule has 4 heteroatoms. The number of rotatable bonds is 4. The van der Waals surface area contributed by atoms with Crippen molar-refractivity contribution in [2.75, 3.05) is 0 Å². The predicted octanol–water partition coefficient (Wildman–Crippen LogP) is 1.65. The van der Waals surface area contributed by atoms with E-state index in [4.69, 9.17) is 16.3 Å². The highest BCUT2D eigenvalue weighted by molar-refractivity contribution is 6.25. The molecule has 0 spiro atoms. The van der Waals surface area contributed by atoms with Crippen LogP contribution in [0.4, 0.5) is 0 Å². The third-order valence-electron chi connectivity index (χ3n) is 1.25. The minimum absolute atomic E-state index is 0.236. The van der Waals surface area contributed by atoms with E-state index in [9.17, 15) is 9.59 Å². The third kappa shape index (κ3) is 3.53. The lowest BCUT2D eigenvalue weighted by atomic mass is 10.1. The van der Waals surface area contributed by atoms with Crippen molar-refractivity contribution in [2.24, 2.45) is 0 Å². The summed E-state index contributed by atoms with van der Waals surface area (Å²) in [6.45, 7) is 3.12. The number of esters is 1. The lowest BCUT2D eigenvalue weighted by Crippen LogP contribution is -2.30. The van der Waals surface area contributed by atoms with E-state index in [1.54, 1.807) is 6.92 Å². The average Bonchev–Trinajstić information content (AvgIpc) is 2.05. The molecule has 1 unspecified atom stereocenters. The first-order valence-corrected chi connectivity index (χ1v) is 3.97. The highest BCUT2D eigenvalue weighted by Crippen LogP contribution is 2.10. The number of hydrogen-bond acceptors (Lipinski definition) is 3. The van der Waals surface area contributed by atoms with Gasteiger partial charge in [-0.05, 0) is 13.0 Å². The van der Waals surface area contributed by atoms with Gasteiger partial charge in [0.2, 0.25) is 0 Å². The second-order valence-electron chi connectivity index (χ2n) is 2.42. The number of hydrogen-bond donors (Lipinski definition) is 0. The molecule has 0 heterocycles. The van der Waals surface area contributed by atoms with Crippen LogP contribution >= 0.6 is 11.6 Å². The van der Waals surface area contributed by atoms with Crippen molar-refractivity contribution in [2.45, 2.75) is 25.9 Å². The summed E-state index contributed by atoms with van der Waals surface area (Å²) >= 11 is 5.26. The average molecular weight is 191 g/mol. The first kappa shape index (κ1) is 11.2. The minimum atomic E-state index is -1.23. The molecular formula is C8H11ClO3. The van der Waals surface area contributed by atoms with Crippen molar-refractivity contribution >= 4 is 23.9 Å². The SMILES string of the molecule is CCC(=O)OC(C)(C=O)/C=C/Cl. The molecule has 0 aromatic carbocycles. The van der Waals surface area contributed by atoms with E-state index in [1.807, 2.05) is 0 Å². The summed E-state index contributed by atoms with van der Waals surface area (Å²) < 4.78 is 4.80. The molecule has 0 aromatic heterocycles. The fourth-order valence-electron chi connectivity index (χ4n) is 0.540. The van der Waals surface area contributed by atoms with Gasteiger partial charge in [-0.25, -0.2) is 0 Å². The van der Waals surface area contributed by atoms with E-state index in [-0.39, 0.29) is 6.42 Å². The van der Waals surface area contributed by atoms with Crippen LogP contribution < -0.4 is 0 Å². The second kappa shape index (κ2) is 4.93. The van der Waals surface area contributed by atoms with Crippen molar-refractivity contribution in [3.8, 4) is 0 Å². The largest absolute Gasteiger partial charge is 0.447 e. The van der Waals surface area contributed by atoms with Crippen LogP contribution in [0, 0.1) is 0 Å². The molecule has 0 radical (unpaired) electrons. The van der Waals surface area contributed by atoms with E-state index in [2.05, 4.69) is 0 Å². The Bertz CT molecular complexity index is 200. The van der Waals surface area contributed by atoms with Crippen LogP contribution in [0.25, 0.3) is 0 Å². The molecule has 0 bridgehead atoms. The van der Waals surface area contributed by atoms with Crippen LogP contribution in [-0.2, 0) is 14.3 Å². The first-order chi connectivity index (χ1) is 5.58. The van der Waals surface area contributed by atoms with Crippen LogP contribution in [0.2, 0.25) is 0 Å². The molecule has 12 heavy (non-hydrogen) atoms. The molecule has 3 nitrogen and oxygen atoms in total. The lowest BCUT2D eigenvalue weighted by Gasteiger charge is -2.18. The fourth-order valence-corrected chi connectivity index (χ4v) is 0.790. The summed E-state index contributed by atoms with van der Waals surface area (Å²) in [6, 6.07) is 0. The van der Waals surface area contributed by atoms with Crippen molar-refractivity contribution in [1.82, 2.24) is 0 Å². The van der Waals surface area contributed by atoms with Gasteiger partial charge >= 0.3 is 5.97 Å². The molecule has 0 fully saturated rings. The summed E-state index contributed by atoms with van der Waals surface area (Å²) in [7, 11) is 0. The van der Waals surface area contributed by atoms with Gasteiger partial charge in [0.05, 0.1) is 0 Å². The molecular weight excluding hydrogens is 180 g/mol. The standard InChI is InChI=1S/C8H11ClO3/c1-3-7(11)12-8(2,6-10)4-5-9/h4-6H,3H2,1-2H3/b5-4+. The van der Waals surface area contributed by atoms with Gasteiger partial charge in [0.25, 0.3) is 0 Å². The van der Waals surface area contributed by atoms with Crippen molar-refractivity contribution in [3.63, 3.8) is 0 Å². The van der Waals surface area contributed by atoms with Gasteiger partial charge in [-0.1, -0.05) is 18.5 Å². The quantitative estimate of drug-likeness (QED) is 0.500. The Morgan fingerprint density at radius 2 is 2.25 bits per heavy atom. The van der Waals surface area contributed by atoms with Gasteiger partial charge in [0.1, 0.15) is 0 Å². The molecule has 0 aromatic rings. The lowest BCUT2D eigenvalue weighted by molar-refractivity contribution is -0.156. The minimum Gasteiger partial charge on any atom is -0.447 e. The third-order valence-corrected chi connectivity index (χ3v) is 1.38. The molecule has 0 amide bonds. The van der Waals surface area contributed by atoms with E-state index in [0.717, 1.165) is 5.54 Å². The van der Waals surface area contributed by atoms with Crippen LogP contribution in [0.15, 0.2) is 11.6 Å². The molecule has 0 N–H and O–H groups in total. The Hall–Kier alpha value is -0.830. The Morgan fingerprint density at radius 3 is 2.58 bits per heavy atom. The maximum atomic E-state index is 10.8.